The molecule has 3 aliphatic rings. The van der Waals surface area contributed by atoms with Crippen molar-refractivity contribution in [1.82, 2.24) is 10.2 Å². The van der Waals surface area contributed by atoms with Gasteiger partial charge in [0.05, 0.1) is 31.6 Å². The van der Waals surface area contributed by atoms with E-state index in [2.05, 4.69) is 10.2 Å². The van der Waals surface area contributed by atoms with Gasteiger partial charge in [-0.3, -0.25) is 9.69 Å². The smallest absolute Gasteiger partial charge is 0.251 e. The maximum absolute atomic E-state index is 12.6. The van der Waals surface area contributed by atoms with Gasteiger partial charge in [0, 0.05) is 37.0 Å². The van der Waals surface area contributed by atoms with Crippen molar-refractivity contribution < 1.29 is 18.7 Å². The van der Waals surface area contributed by atoms with Crippen LogP contribution in [0, 0.1) is 11.8 Å². The Kier molecular flexibility index (Phi) is 4.40. The molecule has 6 heteroatoms. The van der Waals surface area contributed by atoms with Crippen molar-refractivity contribution in [2.75, 3.05) is 26.7 Å². The van der Waals surface area contributed by atoms with Crippen molar-refractivity contribution in [3.8, 4) is 5.75 Å². The van der Waals surface area contributed by atoms with E-state index in [9.17, 15) is 4.79 Å². The summed E-state index contributed by atoms with van der Waals surface area (Å²) in [4.78, 5) is 15.0. The third kappa shape index (κ3) is 3.01. The highest BCUT2D eigenvalue weighted by atomic mass is 16.5. The zero-order chi connectivity index (χ0) is 19.1. The molecule has 1 N–H and O–H groups in total. The molecule has 3 saturated heterocycles. The number of hydrogen-bond acceptors (Lipinski definition) is 5. The zero-order valence-electron chi connectivity index (χ0n) is 16.1. The molecule has 0 aliphatic carbocycles. The SMILES string of the molecule is COc1ccc(C(=O)NC[C@H]2[C@H]3CN(Cc4ccco4)C[C@]34CC[C@H]2O4)cc1. The van der Waals surface area contributed by atoms with E-state index in [1.54, 1.807) is 25.5 Å². The summed E-state index contributed by atoms with van der Waals surface area (Å²) in [5.41, 5.74) is 0.623. The van der Waals surface area contributed by atoms with Crippen LogP contribution in [0.1, 0.15) is 29.0 Å². The van der Waals surface area contributed by atoms with Gasteiger partial charge >= 0.3 is 0 Å². The molecule has 28 heavy (non-hydrogen) atoms. The van der Waals surface area contributed by atoms with Crippen molar-refractivity contribution in [2.24, 2.45) is 11.8 Å². The molecule has 1 amide bonds. The van der Waals surface area contributed by atoms with Crippen molar-refractivity contribution >= 4 is 5.91 Å². The molecule has 0 unspecified atom stereocenters. The quantitative estimate of drug-likeness (QED) is 0.832. The second-order valence-electron chi connectivity index (χ2n) is 8.22. The summed E-state index contributed by atoms with van der Waals surface area (Å²) < 4.78 is 17.1. The molecule has 5 rings (SSSR count). The minimum Gasteiger partial charge on any atom is -0.497 e. The molecular formula is C22H26N2O4. The molecule has 1 aromatic carbocycles. The number of carbonyl (C=O) groups is 1. The minimum absolute atomic E-state index is 0.0350. The standard InChI is InChI=1S/C22H26N2O4/c1-26-16-6-4-15(5-7-16)21(25)23-11-18-19-13-24(12-17-3-2-10-27-17)14-22(19)9-8-20(18)28-22/h2-7,10,18-20H,8-9,11-14H2,1H3,(H,23,25)/t18-,19+,20+,22+/m0/s1. The van der Waals surface area contributed by atoms with E-state index in [4.69, 9.17) is 13.9 Å². The van der Waals surface area contributed by atoms with Gasteiger partial charge in [0.2, 0.25) is 0 Å². The summed E-state index contributed by atoms with van der Waals surface area (Å²) in [6.07, 6.45) is 4.21. The maximum Gasteiger partial charge on any atom is 0.251 e. The predicted molar refractivity (Wildman–Crippen MR) is 103 cm³/mol. The molecule has 148 valence electrons. The fourth-order valence-electron chi connectivity index (χ4n) is 5.36. The van der Waals surface area contributed by atoms with Crippen LogP contribution in [0.5, 0.6) is 5.75 Å². The van der Waals surface area contributed by atoms with Gasteiger partial charge < -0.3 is 19.2 Å². The lowest BCUT2D eigenvalue weighted by Crippen LogP contribution is -2.41. The van der Waals surface area contributed by atoms with Crippen LogP contribution in [0.15, 0.2) is 47.1 Å². The second-order valence-corrected chi connectivity index (χ2v) is 8.22. The first kappa shape index (κ1) is 17.8. The Hall–Kier alpha value is -2.31. The fourth-order valence-corrected chi connectivity index (χ4v) is 5.36. The van der Waals surface area contributed by atoms with Gasteiger partial charge in [-0.2, -0.15) is 0 Å². The minimum atomic E-state index is -0.0371. The summed E-state index contributed by atoms with van der Waals surface area (Å²) >= 11 is 0. The average Bonchev–Trinajstić information content (AvgIpc) is 3.48. The Morgan fingerprint density at radius 3 is 2.93 bits per heavy atom. The number of amides is 1. The van der Waals surface area contributed by atoms with Gasteiger partial charge in [0.15, 0.2) is 0 Å². The molecule has 0 saturated carbocycles. The number of nitrogens with one attached hydrogen (secondary N) is 1. The second kappa shape index (κ2) is 6.94. The van der Waals surface area contributed by atoms with E-state index in [1.807, 2.05) is 24.3 Å². The first-order chi connectivity index (χ1) is 13.7. The van der Waals surface area contributed by atoms with E-state index in [0.717, 1.165) is 44.0 Å². The predicted octanol–water partition coefficient (Wildman–Crippen LogP) is 2.70. The van der Waals surface area contributed by atoms with Crippen molar-refractivity contribution in [2.45, 2.75) is 31.1 Å². The number of ether oxygens (including phenoxy) is 2. The number of nitrogens with zero attached hydrogens (tertiary/aromatic N) is 1. The first-order valence-electron chi connectivity index (χ1n) is 10.0. The lowest BCUT2D eigenvalue weighted by Gasteiger charge is -2.29. The normalized spacial score (nSPS) is 31.1. The summed E-state index contributed by atoms with van der Waals surface area (Å²) in [6.45, 7) is 3.44. The number of furan rings is 1. The summed E-state index contributed by atoms with van der Waals surface area (Å²) in [6, 6.07) is 11.2. The molecule has 1 aromatic heterocycles. The third-order valence-corrected chi connectivity index (χ3v) is 6.66. The van der Waals surface area contributed by atoms with Gasteiger partial charge in [-0.05, 0) is 49.2 Å². The monoisotopic (exact) mass is 382 g/mol. The molecule has 6 nitrogen and oxygen atoms in total. The number of benzene rings is 1. The van der Waals surface area contributed by atoms with Crippen molar-refractivity contribution in [3.63, 3.8) is 0 Å². The van der Waals surface area contributed by atoms with E-state index in [-0.39, 0.29) is 17.6 Å². The van der Waals surface area contributed by atoms with Crippen molar-refractivity contribution in [3.05, 3.63) is 54.0 Å². The van der Waals surface area contributed by atoms with Crippen LogP contribution in [0.3, 0.4) is 0 Å². The Morgan fingerprint density at radius 1 is 1.32 bits per heavy atom. The molecule has 4 atom stereocenters. The van der Waals surface area contributed by atoms with Crippen LogP contribution in [-0.4, -0.2) is 49.3 Å². The lowest BCUT2D eigenvalue weighted by molar-refractivity contribution is 0.00168. The Balaban J connectivity index is 1.23. The topological polar surface area (TPSA) is 63.9 Å². The molecule has 4 heterocycles. The van der Waals surface area contributed by atoms with E-state index in [1.165, 1.54) is 0 Å². The van der Waals surface area contributed by atoms with Crippen LogP contribution in [0.25, 0.3) is 0 Å². The lowest BCUT2D eigenvalue weighted by atomic mass is 9.73. The van der Waals surface area contributed by atoms with Gasteiger partial charge in [-0.15, -0.1) is 0 Å². The van der Waals surface area contributed by atoms with Gasteiger partial charge in [-0.1, -0.05) is 0 Å². The molecular weight excluding hydrogens is 356 g/mol. The Bertz CT molecular complexity index is 835. The first-order valence-corrected chi connectivity index (χ1v) is 10.0. The highest BCUT2D eigenvalue weighted by molar-refractivity contribution is 5.94. The zero-order valence-corrected chi connectivity index (χ0v) is 16.1. The van der Waals surface area contributed by atoms with Crippen LogP contribution in [-0.2, 0) is 11.3 Å². The van der Waals surface area contributed by atoms with Crippen LogP contribution >= 0.6 is 0 Å². The number of methoxy groups -OCH3 is 1. The molecule has 0 radical (unpaired) electrons. The van der Waals surface area contributed by atoms with Crippen LogP contribution in [0.4, 0.5) is 0 Å². The van der Waals surface area contributed by atoms with E-state index < -0.39 is 0 Å². The fraction of sp³-hybridized carbons (Fsp3) is 0.500. The number of rotatable bonds is 6. The molecule has 3 fully saturated rings. The number of likely N-dealkylation sites (tertiary alicyclic amines) is 1. The average molecular weight is 382 g/mol. The molecule has 2 aromatic rings. The number of hydrogen-bond donors (Lipinski definition) is 1. The molecule has 1 spiro atoms. The summed E-state index contributed by atoms with van der Waals surface area (Å²) in [5, 5.41) is 3.14. The highest BCUT2D eigenvalue weighted by Crippen LogP contribution is 2.54. The van der Waals surface area contributed by atoms with Crippen molar-refractivity contribution in [1.29, 1.82) is 0 Å². The third-order valence-electron chi connectivity index (χ3n) is 6.66. The molecule has 3 aliphatic heterocycles. The number of carbonyl (C=O) groups excluding carboxylic acids is 1. The van der Waals surface area contributed by atoms with Crippen LogP contribution < -0.4 is 10.1 Å². The number of fused-ring (bicyclic) bond motifs is 1. The Morgan fingerprint density at radius 2 is 2.18 bits per heavy atom. The summed E-state index contributed by atoms with van der Waals surface area (Å²) in [7, 11) is 1.62. The van der Waals surface area contributed by atoms with Gasteiger partial charge in [-0.25, -0.2) is 0 Å². The Labute approximate surface area is 164 Å². The van der Waals surface area contributed by atoms with Crippen LogP contribution in [0.2, 0.25) is 0 Å². The largest absolute Gasteiger partial charge is 0.497 e. The van der Waals surface area contributed by atoms with E-state index in [0.29, 0.717) is 23.9 Å². The highest BCUT2D eigenvalue weighted by Gasteiger charge is 2.62. The maximum atomic E-state index is 12.6. The molecule has 2 bridgehead atoms. The van der Waals surface area contributed by atoms with Gasteiger partial charge in [0.25, 0.3) is 5.91 Å². The van der Waals surface area contributed by atoms with Gasteiger partial charge in [0.1, 0.15) is 11.5 Å². The summed E-state index contributed by atoms with van der Waals surface area (Å²) in [5.74, 6) is 2.55. The van der Waals surface area contributed by atoms with E-state index >= 15 is 0 Å².